The van der Waals surface area contributed by atoms with E-state index in [1.165, 1.54) is 18.1 Å². The molecule has 2 aromatic heterocycles. The van der Waals surface area contributed by atoms with Crippen LogP contribution in [0.15, 0.2) is 46.6 Å². The summed E-state index contributed by atoms with van der Waals surface area (Å²) in [5.41, 5.74) is 1.04. The van der Waals surface area contributed by atoms with Crippen molar-refractivity contribution in [1.29, 1.82) is 0 Å². The zero-order valence-electron chi connectivity index (χ0n) is 10.3. The van der Waals surface area contributed by atoms with Crippen LogP contribution in [0, 0.1) is 0 Å². The lowest BCUT2D eigenvalue weighted by Crippen LogP contribution is -2.10. The number of fused-ring (bicyclic) bond motifs is 1. The first-order valence-corrected chi connectivity index (χ1v) is 6.87. The van der Waals surface area contributed by atoms with Gasteiger partial charge in [0.15, 0.2) is 22.1 Å². The van der Waals surface area contributed by atoms with Crippen LogP contribution in [-0.4, -0.2) is 31.5 Å². The van der Waals surface area contributed by atoms with Crippen LogP contribution in [0.1, 0.15) is 10.4 Å². The number of H-pyrrole nitrogens is 2. The van der Waals surface area contributed by atoms with E-state index < -0.39 is 0 Å². The molecule has 0 aliphatic rings. The number of carbonyl (C=O) groups is 1. The second-order valence-corrected chi connectivity index (χ2v) is 5.01. The van der Waals surface area contributed by atoms with Gasteiger partial charge in [0.2, 0.25) is 0 Å². The molecule has 0 amide bonds. The van der Waals surface area contributed by atoms with E-state index in [-0.39, 0.29) is 17.1 Å². The second-order valence-electron chi connectivity index (χ2n) is 4.05. The van der Waals surface area contributed by atoms with Gasteiger partial charge in [-0.25, -0.2) is 9.97 Å². The zero-order valence-corrected chi connectivity index (χ0v) is 11.1. The Balaban J connectivity index is 1.77. The van der Waals surface area contributed by atoms with E-state index in [0.717, 1.165) is 0 Å². The van der Waals surface area contributed by atoms with Crippen LogP contribution in [0.2, 0.25) is 0 Å². The normalized spacial score (nSPS) is 10.8. The van der Waals surface area contributed by atoms with E-state index in [2.05, 4.69) is 19.9 Å². The van der Waals surface area contributed by atoms with Crippen LogP contribution in [0.4, 0.5) is 0 Å². The van der Waals surface area contributed by atoms with Crippen LogP contribution in [0.3, 0.4) is 0 Å². The summed E-state index contributed by atoms with van der Waals surface area (Å²) in [6.45, 7) is 0. The van der Waals surface area contributed by atoms with E-state index in [4.69, 9.17) is 0 Å². The number of nitrogens with zero attached hydrogens (tertiary/aromatic N) is 2. The molecule has 0 saturated heterocycles. The smallest absolute Gasteiger partial charge is 0.277 e. The summed E-state index contributed by atoms with van der Waals surface area (Å²) < 4.78 is 0. The molecule has 6 nitrogen and oxygen atoms in total. The number of carbonyl (C=O) groups excluding carboxylic acids is 1. The molecule has 3 rings (SSSR count). The van der Waals surface area contributed by atoms with E-state index in [9.17, 15) is 9.59 Å². The number of nitrogens with one attached hydrogen (secondary N) is 2. The van der Waals surface area contributed by atoms with Gasteiger partial charge < -0.3 is 4.98 Å². The monoisotopic (exact) mass is 286 g/mol. The fourth-order valence-corrected chi connectivity index (χ4v) is 2.48. The summed E-state index contributed by atoms with van der Waals surface area (Å²) in [4.78, 5) is 37.1. The maximum Gasteiger partial charge on any atom is 0.277 e. The Labute approximate surface area is 117 Å². The van der Waals surface area contributed by atoms with Crippen LogP contribution in [0.5, 0.6) is 0 Å². The molecule has 0 aliphatic carbocycles. The first kappa shape index (κ1) is 12.6. The van der Waals surface area contributed by atoms with Crippen molar-refractivity contribution < 1.29 is 4.79 Å². The number of ketones is 1. The van der Waals surface area contributed by atoms with Gasteiger partial charge in [-0.3, -0.25) is 14.6 Å². The highest BCUT2D eigenvalue weighted by Gasteiger charge is 2.10. The molecule has 100 valence electrons. The Morgan fingerprint density at radius 2 is 2.05 bits per heavy atom. The molecule has 3 aromatic rings. The molecule has 1 aromatic carbocycles. The Morgan fingerprint density at radius 1 is 1.25 bits per heavy atom. The summed E-state index contributed by atoms with van der Waals surface area (Å²) in [6.07, 6.45) is 1.41. The molecule has 20 heavy (non-hydrogen) atoms. The van der Waals surface area contributed by atoms with Gasteiger partial charge in [0, 0.05) is 5.56 Å². The van der Waals surface area contributed by atoms with E-state index in [1.54, 1.807) is 12.1 Å². The standard InChI is InChI=1S/C13H10N4O2S/c18-9(8-4-2-1-3-5-8)6-20-13-16-11-10(12(19)17-13)14-7-15-11/h1-5,7H,6H2,(H2,14,15,16,17,19). The van der Waals surface area contributed by atoms with Gasteiger partial charge in [0.1, 0.15) is 0 Å². The number of rotatable bonds is 4. The molecule has 0 saturated carbocycles. The van der Waals surface area contributed by atoms with Crippen molar-refractivity contribution in [3.63, 3.8) is 0 Å². The van der Waals surface area contributed by atoms with Gasteiger partial charge in [0.05, 0.1) is 12.1 Å². The van der Waals surface area contributed by atoms with E-state index in [0.29, 0.717) is 21.9 Å². The van der Waals surface area contributed by atoms with Crippen molar-refractivity contribution in [2.75, 3.05) is 5.75 Å². The molecule has 0 fully saturated rings. The fraction of sp³-hybridized carbons (Fsp3) is 0.0769. The number of hydrogen-bond donors (Lipinski definition) is 2. The Hall–Kier alpha value is -2.41. The molecule has 0 atom stereocenters. The van der Waals surface area contributed by atoms with E-state index in [1.807, 2.05) is 18.2 Å². The number of aromatic nitrogens is 4. The Morgan fingerprint density at radius 3 is 2.85 bits per heavy atom. The highest BCUT2D eigenvalue weighted by molar-refractivity contribution is 7.99. The van der Waals surface area contributed by atoms with Gasteiger partial charge in [-0.2, -0.15) is 0 Å². The lowest BCUT2D eigenvalue weighted by Gasteiger charge is -2.00. The van der Waals surface area contributed by atoms with Gasteiger partial charge in [-0.15, -0.1) is 0 Å². The van der Waals surface area contributed by atoms with Crippen molar-refractivity contribution in [1.82, 2.24) is 19.9 Å². The average Bonchev–Trinajstić information content (AvgIpc) is 2.94. The molecule has 0 aliphatic heterocycles. The van der Waals surface area contributed by atoms with Crippen LogP contribution in [0.25, 0.3) is 11.2 Å². The molecule has 2 heterocycles. The largest absolute Gasteiger partial charge is 0.339 e. The maximum atomic E-state index is 12.0. The molecule has 0 bridgehead atoms. The fourth-order valence-electron chi connectivity index (χ4n) is 1.73. The number of thioether (sulfide) groups is 1. The van der Waals surface area contributed by atoms with Gasteiger partial charge in [0.25, 0.3) is 5.56 Å². The number of Topliss-reactive ketones (excluding diaryl/α,β-unsaturated/α-hetero) is 1. The van der Waals surface area contributed by atoms with Gasteiger partial charge in [-0.1, -0.05) is 42.1 Å². The summed E-state index contributed by atoms with van der Waals surface area (Å²) in [7, 11) is 0. The highest BCUT2D eigenvalue weighted by atomic mass is 32.2. The minimum absolute atomic E-state index is 0.0135. The molecule has 7 heteroatoms. The zero-order chi connectivity index (χ0) is 13.9. The molecule has 2 N–H and O–H groups in total. The minimum Gasteiger partial charge on any atom is -0.339 e. The van der Waals surface area contributed by atoms with Crippen molar-refractivity contribution in [2.24, 2.45) is 0 Å². The van der Waals surface area contributed by atoms with Gasteiger partial charge >= 0.3 is 0 Å². The summed E-state index contributed by atoms with van der Waals surface area (Å²) in [6, 6.07) is 9.00. The SMILES string of the molecule is O=C(CSc1nc2nc[nH]c2c(=O)[nH]1)c1ccccc1. The van der Waals surface area contributed by atoms with Gasteiger partial charge in [-0.05, 0) is 0 Å². The van der Waals surface area contributed by atoms with Crippen molar-refractivity contribution in [3.8, 4) is 0 Å². The Kier molecular flexibility index (Phi) is 3.34. The van der Waals surface area contributed by atoms with Crippen molar-refractivity contribution >= 4 is 28.7 Å². The van der Waals surface area contributed by atoms with Crippen LogP contribution >= 0.6 is 11.8 Å². The quantitative estimate of drug-likeness (QED) is 0.432. The summed E-state index contributed by atoms with van der Waals surface area (Å²) in [5, 5.41) is 0.388. The molecule has 0 radical (unpaired) electrons. The van der Waals surface area contributed by atoms with Crippen molar-refractivity contribution in [2.45, 2.75) is 5.16 Å². The van der Waals surface area contributed by atoms with E-state index >= 15 is 0 Å². The number of aromatic amines is 2. The third-order valence-electron chi connectivity index (χ3n) is 2.71. The predicted octanol–water partition coefficient (Wildman–Crippen LogP) is 1.62. The first-order chi connectivity index (χ1) is 9.74. The molecule has 0 spiro atoms. The highest BCUT2D eigenvalue weighted by Crippen LogP contribution is 2.15. The van der Waals surface area contributed by atoms with Crippen molar-refractivity contribution in [3.05, 3.63) is 52.6 Å². The molecular formula is C13H10N4O2S. The third-order valence-corrected chi connectivity index (χ3v) is 3.58. The molecular weight excluding hydrogens is 276 g/mol. The topological polar surface area (TPSA) is 91.5 Å². The van der Waals surface area contributed by atoms with Crippen LogP contribution in [-0.2, 0) is 0 Å². The second kappa shape index (κ2) is 5.30. The molecule has 0 unspecified atom stereocenters. The minimum atomic E-state index is -0.290. The first-order valence-electron chi connectivity index (χ1n) is 5.88. The predicted molar refractivity (Wildman–Crippen MR) is 76.0 cm³/mol. The summed E-state index contributed by atoms with van der Waals surface area (Å²) >= 11 is 1.19. The average molecular weight is 286 g/mol. The maximum absolute atomic E-state index is 12.0. The lowest BCUT2D eigenvalue weighted by atomic mass is 10.2. The lowest BCUT2D eigenvalue weighted by molar-refractivity contribution is 0.102. The number of imidazole rings is 1. The number of hydrogen-bond acceptors (Lipinski definition) is 5. The number of benzene rings is 1. The third kappa shape index (κ3) is 2.48. The van der Waals surface area contributed by atoms with Crippen LogP contribution < -0.4 is 5.56 Å². The summed E-state index contributed by atoms with van der Waals surface area (Å²) in [5.74, 6) is 0.198. The Bertz CT molecular complexity index is 810.